The zero-order chi connectivity index (χ0) is 35.2. The van der Waals surface area contributed by atoms with Crippen LogP contribution in [-0.2, 0) is 6.18 Å². The van der Waals surface area contributed by atoms with Crippen molar-refractivity contribution in [3.8, 4) is 22.8 Å². The van der Waals surface area contributed by atoms with Crippen LogP contribution in [-0.4, -0.2) is 45.4 Å². The second kappa shape index (κ2) is 13.1. The first-order valence-electron chi connectivity index (χ1n) is 16.5. The number of hydrazone groups is 1. The highest BCUT2D eigenvalue weighted by Crippen LogP contribution is 2.47. The maximum atomic E-state index is 14.5. The van der Waals surface area contributed by atoms with Crippen molar-refractivity contribution in [2.45, 2.75) is 51.2 Å². The van der Waals surface area contributed by atoms with Gasteiger partial charge in [0.05, 0.1) is 31.7 Å². The summed E-state index contributed by atoms with van der Waals surface area (Å²) in [4.78, 5) is 19.0. The zero-order valence-corrected chi connectivity index (χ0v) is 28.1. The van der Waals surface area contributed by atoms with Crippen molar-refractivity contribution < 1.29 is 27.4 Å². The van der Waals surface area contributed by atoms with E-state index in [1.54, 1.807) is 26.4 Å². The number of carbonyl (C=O) groups excluding carboxylic acids is 1. The molecule has 0 radical (unpaired) electrons. The van der Waals surface area contributed by atoms with E-state index in [2.05, 4.69) is 10.1 Å². The largest absolute Gasteiger partial charge is 0.496 e. The third-order valence-electron chi connectivity index (χ3n) is 9.45. The van der Waals surface area contributed by atoms with Crippen molar-refractivity contribution in [2.24, 2.45) is 11.0 Å². The van der Waals surface area contributed by atoms with E-state index in [9.17, 15) is 18.0 Å². The average molecular weight is 680 g/mol. The molecule has 11 heteroatoms. The average Bonchev–Trinajstić information content (AvgIpc) is 3.73. The summed E-state index contributed by atoms with van der Waals surface area (Å²) in [6.45, 7) is 4.09. The van der Waals surface area contributed by atoms with Crippen LogP contribution in [0.3, 0.4) is 0 Å². The normalized spacial score (nSPS) is 18.4. The molecule has 5 aromatic rings. The Balaban J connectivity index is 1.34. The van der Waals surface area contributed by atoms with Gasteiger partial charge >= 0.3 is 6.18 Å². The SMILES string of the molecule is COc1ccccc1/C=C1\CCC[C@@H]2C1=NN(C(=O)c1cc3nc(-c4ccc(C(C)C)cc4)cc(C(F)(F)F)n3n1)[C@@H]2c1ccccc1OC. The number of halogens is 3. The highest BCUT2D eigenvalue weighted by molar-refractivity contribution is 6.09. The van der Waals surface area contributed by atoms with Gasteiger partial charge in [0, 0.05) is 28.7 Å². The summed E-state index contributed by atoms with van der Waals surface area (Å²) < 4.78 is 55.5. The fraction of sp³-hybridized carbons (Fsp3) is 0.282. The molecular weight excluding hydrogens is 643 g/mol. The molecule has 3 heterocycles. The van der Waals surface area contributed by atoms with E-state index in [0.717, 1.165) is 53.3 Å². The molecule has 1 aliphatic heterocycles. The number of amides is 1. The van der Waals surface area contributed by atoms with Gasteiger partial charge in [-0.2, -0.15) is 23.4 Å². The summed E-state index contributed by atoms with van der Waals surface area (Å²) in [6, 6.07) is 24.1. The second-order valence-electron chi connectivity index (χ2n) is 12.8. The predicted octanol–water partition coefficient (Wildman–Crippen LogP) is 8.99. The molecule has 2 aromatic heterocycles. The molecule has 1 fully saturated rings. The number of nitrogens with zero attached hydrogens (tertiary/aromatic N) is 5. The third kappa shape index (κ3) is 6.01. The number of carbonyl (C=O) groups is 1. The lowest BCUT2D eigenvalue weighted by Crippen LogP contribution is -2.32. The number of alkyl halides is 3. The molecule has 2 aliphatic rings. The van der Waals surface area contributed by atoms with Crippen molar-refractivity contribution >= 4 is 23.3 Å². The molecule has 1 aliphatic carbocycles. The Morgan fingerprint density at radius 3 is 2.34 bits per heavy atom. The van der Waals surface area contributed by atoms with Gasteiger partial charge in [0.2, 0.25) is 0 Å². The van der Waals surface area contributed by atoms with E-state index in [0.29, 0.717) is 21.6 Å². The number of methoxy groups -OCH3 is 2. The van der Waals surface area contributed by atoms with Crippen molar-refractivity contribution in [1.29, 1.82) is 0 Å². The quantitative estimate of drug-likeness (QED) is 0.172. The van der Waals surface area contributed by atoms with Gasteiger partial charge in [-0.25, -0.2) is 14.5 Å². The van der Waals surface area contributed by atoms with Crippen LogP contribution in [0.2, 0.25) is 0 Å². The van der Waals surface area contributed by atoms with Gasteiger partial charge in [0.15, 0.2) is 17.0 Å². The van der Waals surface area contributed by atoms with Gasteiger partial charge in [0.1, 0.15) is 11.5 Å². The highest BCUT2D eigenvalue weighted by Gasteiger charge is 2.46. The molecule has 1 saturated carbocycles. The molecule has 0 bridgehead atoms. The Morgan fingerprint density at radius 1 is 0.940 bits per heavy atom. The molecule has 256 valence electrons. The fourth-order valence-corrected chi connectivity index (χ4v) is 6.95. The van der Waals surface area contributed by atoms with E-state index in [4.69, 9.17) is 14.6 Å². The molecule has 3 aromatic carbocycles. The molecule has 2 atom stereocenters. The first kappa shape index (κ1) is 33.1. The first-order valence-corrected chi connectivity index (χ1v) is 16.5. The summed E-state index contributed by atoms with van der Waals surface area (Å²) in [6.07, 6.45) is -0.384. The number of aromatic nitrogens is 3. The summed E-state index contributed by atoms with van der Waals surface area (Å²) in [5, 5.41) is 10.5. The molecule has 8 nitrogen and oxygen atoms in total. The van der Waals surface area contributed by atoms with Gasteiger partial charge in [-0.15, -0.1) is 0 Å². The van der Waals surface area contributed by atoms with E-state index < -0.39 is 23.8 Å². The Morgan fingerprint density at radius 2 is 1.64 bits per heavy atom. The maximum absolute atomic E-state index is 14.5. The van der Waals surface area contributed by atoms with Crippen LogP contribution in [0.15, 0.2) is 95.6 Å². The zero-order valence-electron chi connectivity index (χ0n) is 28.1. The van der Waals surface area contributed by atoms with Gasteiger partial charge in [-0.3, -0.25) is 4.79 Å². The number of fused-ring (bicyclic) bond motifs is 2. The molecule has 0 N–H and O–H groups in total. The van der Waals surface area contributed by atoms with Crippen molar-refractivity contribution in [3.05, 3.63) is 119 Å². The second-order valence-corrected chi connectivity index (χ2v) is 12.8. The lowest BCUT2D eigenvalue weighted by atomic mass is 9.77. The molecule has 1 amide bonds. The molecule has 50 heavy (non-hydrogen) atoms. The van der Waals surface area contributed by atoms with Gasteiger partial charge in [-0.1, -0.05) is 74.5 Å². The van der Waals surface area contributed by atoms with Crippen LogP contribution in [0.5, 0.6) is 11.5 Å². The summed E-state index contributed by atoms with van der Waals surface area (Å²) in [7, 11) is 3.18. The molecular formula is C39H36F3N5O3. The third-order valence-corrected chi connectivity index (χ3v) is 9.45. The summed E-state index contributed by atoms with van der Waals surface area (Å²) >= 11 is 0. The minimum Gasteiger partial charge on any atom is -0.496 e. The minimum absolute atomic E-state index is 0.0963. The Hall–Kier alpha value is -5.45. The smallest absolute Gasteiger partial charge is 0.433 e. The molecule has 0 spiro atoms. The van der Waals surface area contributed by atoms with E-state index in [1.165, 1.54) is 11.1 Å². The van der Waals surface area contributed by atoms with Crippen LogP contribution in [0.4, 0.5) is 13.2 Å². The molecule has 7 rings (SSSR count). The van der Waals surface area contributed by atoms with Crippen molar-refractivity contribution in [3.63, 3.8) is 0 Å². The number of hydrogen-bond donors (Lipinski definition) is 0. The maximum Gasteiger partial charge on any atom is 0.433 e. The summed E-state index contributed by atoms with van der Waals surface area (Å²) in [5.41, 5.74) is 3.72. The summed E-state index contributed by atoms with van der Waals surface area (Å²) in [5.74, 6) is 0.728. The van der Waals surface area contributed by atoms with Gasteiger partial charge in [0.25, 0.3) is 5.91 Å². The standard InChI is InChI=1S/C39H36F3N5O3/c1-23(2)24-16-18-25(19-17-24)30-21-34(39(40,41)42)46-35(43-30)22-31(44-46)38(48)47-37(28-12-6-8-15-33(28)50-4)29-13-9-11-27(36(29)45-47)20-26-10-5-7-14-32(26)49-3/h5-8,10,12,14-23,29,37H,9,11,13H2,1-4H3/b27-20+/t29-,37-/m1/s1. The molecule has 0 unspecified atom stereocenters. The molecule has 0 saturated heterocycles. The highest BCUT2D eigenvalue weighted by atomic mass is 19.4. The monoisotopic (exact) mass is 679 g/mol. The minimum atomic E-state index is -4.76. The number of benzene rings is 3. The number of hydrogen-bond acceptors (Lipinski definition) is 6. The van der Waals surface area contributed by atoms with Gasteiger partial charge < -0.3 is 9.47 Å². The van der Waals surface area contributed by atoms with E-state index in [-0.39, 0.29) is 28.9 Å². The first-order chi connectivity index (χ1) is 24.1. The predicted molar refractivity (Wildman–Crippen MR) is 185 cm³/mol. The van der Waals surface area contributed by atoms with Crippen LogP contribution < -0.4 is 9.47 Å². The number of ether oxygens (including phenoxy) is 2. The number of allylic oxidation sites excluding steroid dienone is 1. The number of rotatable bonds is 7. The van der Waals surface area contributed by atoms with Crippen molar-refractivity contribution in [1.82, 2.24) is 19.6 Å². The lowest BCUT2D eigenvalue weighted by Gasteiger charge is -2.30. The fourth-order valence-electron chi connectivity index (χ4n) is 6.95. The van der Waals surface area contributed by atoms with E-state index in [1.807, 2.05) is 80.6 Å². The Labute approximate surface area is 287 Å². The van der Waals surface area contributed by atoms with E-state index >= 15 is 0 Å². The topological polar surface area (TPSA) is 81.3 Å². The van der Waals surface area contributed by atoms with Crippen LogP contribution in [0.1, 0.15) is 77.9 Å². The van der Waals surface area contributed by atoms with Crippen LogP contribution in [0.25, 0.3) is 23.0 Å². The number of para-hydroxylation sites is 2. The van der Waals surface area contributed by atoms with Crippen molar-refractivity contribution in [2.75, 3.05) is 14.2 Å². The van der Waals surface area contributed by atoms with Crippen LogP contribution >= 0.6 is 0 Å². The Bertz CT molecular complexity index is 2140. The van der Waals surface area contributed by atoms with Crippen LogP contribution in [0, 0.1) is 5.92 Å². The lowest BCUT2D eigenvalue weighted by molar-refractivity contribution is -0.142. The Kier molecular flexibility index (Phi) is 8.67. The van der Waals surface area contributed by atoms with Gasteiger partial charge in [-0.05, 0) is 60.6 Å².